The normalized spacial score (nSPS) is 13.0. The summed E-state index contributed by atoms with van der Waals surface area (Å²) in [6.45, 7) is 8.35. The molecule has 0 saturated heterocycles. The van der Waals surface area contributed by atoms with Crippen molar-refractivity contribution in [2.24, 2.45) is 5.92 Å². The summed E-state index contributed by atoms with van der Waals surface area (Å²) in [5.74, 6) is 0.643. The average molecular weight is 288 g/mol. The molecule has 2 nitrogen and oxygen atoms in total. The Morgan fingerprint density at radius 1 is 1.33 bits per heavy atom. The van der Waals surface area contributed by atoms with Crippen molar-refractivity contribution < 1.29 is 5.11 Å². The van der Waals surface area contributed by atoms with Gasteiger partial charge in [0.15, 0.2) is 0 Å². The van der Waals surface area contributed by atoms with Gasteiger partial charge in [-0.1, -0.05) is 38.4 Å². The Morgan fingerprint density at radius 2 is 2.06 bits per heavy atom. The van der Waals surface area contributed by atoms with Gasteiger partial charge in [-0.25, -0.2) is 0 Å². The third kappa shape index (κ3) is 5.61. The van der Waals surface area contributed by atoms with E-state index in [1.54, 1.807) is 11.8 Å². The maximum Gasteiger partial charge on any atom is 0.0550 e. The topological polar surface area (TPSA) is 32.3 Å². The van der Waals surface area contributed by atoms with E-state index in [-0.39, 0.29) is 11.9 Å². The zero-order valence-corrected chi connectivity index (χ0v) is 12.8. The molecule has 1 aromatic carbocycles. The monoisotopic (exact) mass is 287 g/mol. The van der Waals surface area contributed by atoms with Gasteiger partial charge < -0.3 is 10.4 Å². The highest BCUT2D eigenvalue weighted by Gasteiger charge is 2.06. The molecule has 0 fully saturated rings. The van der Waals surface area contributed by atoms with E-state index in [1.165, 1.54) is 0 Å². The summed E-state index contributed by atoms with van der Waals surface area (Å²) in [4.78, 5) is 1.11. The average Bonchev–Trinajstić information content (AvgIpc) is 2.31. The summed E-state index contributed by atoms with van der Waals surface area (Å²) < 4.78 is 0. The quantitative estimate of drug-likeness (QED) is 0.752. The first-order chi connectivity index (χ1) is 8.52. The minimum absolute atomic E-state index is 0.181. The van der Waals surface area contributed by atoms with Crippen LogP contribution in [0.3, 0.4) is 0 Å². The lowest BCUT2D eigenvalue weighted by molar-refractivity contribution is 0.300. The minimum Gasteiger partial charge on any atom is -0.395 e. The van der Waals surface area contributed by atoms with Crippen molar-refractivity contribution in [1.29, 1.82) is 0 Å². The summed E-state index contributed by atoms with van der Waals surface area (Å²) in [6.07, 6.45) is 0. The standard InChI is InChI=1S/C14H22ClNOS/c1-10(2)7-16-8-12-4-5-13(6-14(12)15)18-11(3)9-17/h4-6,10-11,16-17H,7-9H2,1-3H3. The first kappa shape index (κ1) is 15.8. The van der Waals surface area contributed by atoms with Crippen LogP contribution in [0.1, 0.15) is 26.3 Å². The number of halogens is 1. The van der Waals surface area contributed by atoms with Gasteiger partial charge in [0.2, 0.25) is 0 Å². The molecule has 1 rings (SSSR count). The van der Waals surface area contributed by atoms with E-state index < -0.39 is 0 Å². The maximum atomic E-state index is 9.02. The molecule has 0 spiro atoms. The van der Waals surface area contributed by atoms with Gasteiger partial charge in [-0.15, -0.1) is 11.8 Å². The highest BCUT2D eigenvalue weighted by Crippen LogP contribution is 2.27. The van der Waals surface area contributed by atoms with Crippen LogP contribution in [0, 0.1) is 5.92 Å². The third-order valence-electron chi connectivity index (χ3n) is 2.49. The van der Waals surface area contributed by atoms with Crippen LogP contribution in [0.4, 0.5) is 0 Å². The van der Waals surface area contributed by atoms with Crippen LogP contribution < -0.4 is 5.32 Å². The number of rotatable bonds is 7. The Hall–Kier alpha value is -0.220. The Kier molecular flexibility index (Phi) is 7.08. The zero-order valence-electron chi connectivity index (χ0n) is 11.2. The molecule has 0 aliphatic rings. The third-order valence-corrected chi connectivity index (χ3v) is 3.92. The van der Waals surface area contributed by atoms with Crippen molar-refractivity contribution in [2.45, 2.75) is 37.5 Å². The summed E-state index contributed by atoms with van der Waals surface area (Å²) in [5.41, 5.74) is 1.12. The molecule has 1 aromatic rings. The van der Waals surface area contributed by atoms with Crippen LogP contribution in [-0.2, 0) is 6.54 Å². The summed E-state index contributed by atoms with van der Waals surface area (Å²) in [6, 6.07) is 6.10. The number of hydrogen-bond acceptors (Lipinski definition) is 3. The van der Waals surface area contributed by atoms with Crippen LogP contribution >= 0.6 is 23.4 Å². The predicted octanol–water partition coefficient (Wildman–Crippen LogP) is 3.56. The van der Waals surface area contributed by atoms with Crippen molar-refractivity contribution >= 4 is 23.4 Å². The van der Waals surface area contributed by atoms with E-state index in [2.05, 4.69) is 31.3 Å². The molecule has 0 aliphatic heterocycles. The number of aliphatic hydroxyl groups is 1. The highest BCUT2D eigenvalue weighted by molar-refractivity contribution is 8.00. The minimum atomic E-state index is 0.181. The van der Waals surface area contributed by atoms with Crippen molar-refractivity contribution in [3.8, 4) is 0 Å². The van der Waals surface area contributed by atoms with Gasteiger partial charge in [0.1, 0.15) is 0 Å². The molecular weight excluding hydrogens is 266 g/mol. The maximum absolute atomic E-state index is 9.02. The van der Waals surface area contributed by atoms with Crippen LogP contribution in [0.5, 0.6) is 0 Å². The molecule has 4 heteroatoms. The van der Waals surface area contributed by atoms with Gasteiger partial charge in [0.25, 0.3) is 0 Å². The lowest BCUT2D eigenvalue weighted by Gasteiger charge is -2.11. The Bertz CT molecular complexity index is 371. The largest absolute Gasteiger partial charge is 0.395 e. The fourth-order valence-corrected chi connectivity index (χ4v) is 2.69. The second-order valence-corrected chi connectivity index (χ2v) is 6.81. The van der Waals surface area contributed by atoms with Crippen LogP contribution in [-0.4, -0.2) is 23.5 Å². The van der Waals surface area contributed by atoms with E-state index in [1.807, 2.05) is 13.0 Å². The smallest absolute Gasteiger partial charge is 0.0550 e. The Balaban J connectivity index is 2.56. The number of aliphatic hydroxyl groups excluding tert-OH is 1. The van der Waals surface area contributed by atoms with Gasteiger partial charge in [-0.2, -0.15) is 0 Å². The second kappa shape index (κ2) is 8.05. The highest BCUT2D eigenvalue weighted by atomic mass is 35.5. The van der Waals surface area contributed by atoms with Crippen molar-refractivity contribution in [2.75, 3.05) is 13.2 Å². The summed E-state index contributed by atoms with van der Waals surface area (Å²) in [5, 5.41) is 13.4. The molecule has 0 amide bonds. The van der Waals surface area contributed by atoms with E-state index in [0.29, 0.717) is 5.92 Å². The molecule has 0 aromatic heterocycles. The Morgan fingerprint density at radius 3 is 2.61 bits per heavy atom. The number of benzene rings is 1. The van der Waals surface area contributed by atoms with Gasteiger partial charge in [0.05, 0.1) is 6.61 Å². The van der Waals surface area contributed by atoms with Gasteiger partial charge in [-0.3, -0.25) is 0 Å². The molecule has 0 bridgehead atoms. The molecule has 102 valence electrons. The van der Waals surface area contributed by atoms with E-state index in [4.69, 9.17) is 16.7 Å². The molecule has 2 N–H and O–H groups in total. The SMILES string of the molecule is CC(C)CNCc1ccc(SC(C)CO)cc1Cl. The molecule has 1 atom stereocenters. The van der Waals surface area contributed by atoms with E-state index in [9.17, 15) is 0 Å². The molecule has 0 heterocycles. The molecule has 1 unspecified atom stereocenters. The number of thioether (sulfide) groups is 1. The number of hydrogen-bond donors (Lipinski definition) is 2. The zero-order chi connectivity index (χ0) is 13.5. The summed E-state index contributed by atoms with van der Waals surface area (Å²) >= 11 is 7.90. The van der Waals surface area contributed by atoms with Crippen molar-refractivity contribution in [3.05, 3.63) is 28.8 Å². The van der Waals surface area contributed by atoms with Crippen molar-refractivity contribution in [1.82, 2.24) is 5.32 Å². The molecule has 0 radical (unpaired) electrons. The van der Waals surface area contributed by atoms with Crippen LogP contribution in [0.15, 0.2) is 23.1 Å². The summed E-state index contributed by atoms with van der Waals surface area (Å²) in [7, 11) is 0. The van der Waals surface area contributed by atoms with Crippen LogP contribution in [0.2, 0.25) is 5.02 Å². The van der Waals surface area contributed by atoms with E-state index in [0.717, 1.165) is 28.6 Å². The fourth-order valence-electron chi connectivity index (χ4n) is 1.51. The van der Waals surface area contributed by atoms with Crippen molar-refractivity contribution in [3.63, 3.8) is 0 Å². The first-order valence-electron chi connectivity index (χ1n) is 6.29. The lowest BCUT2D eigenvalue weighted by Crippen LogP contribution is -2.19. The second-order valence-electron chi connectivity index (χ2n) is 4.89. The molecule has 0 saturated carbocycles. The van der Waals surface area contributed by atoms with Gasteiger partial charge in [-0.05, 0) is 30.2 Å². The Labute approximate surface area is 119 Å². The number of nitrogens with one attached hydrogen (secondary N) is 1. The van der Waals surface area contributed by atoms with Gasteiger partial charge >= 0.3 is 0 Å². The van der Waals surface area contributed by atoms with E-state index >= 15 is 0 Å². The van der Waals surface area contributed by atoms with Gasteiger partial charge in [0, 0.05) is 21.7 Å². The fraction of sp³-hybridized carbons (Fsp3) is 0.571. The molecular formula is C14H22ClNOS. The van der Waals surface area contributed by atoms with Crippen LogP contribution in [0.25, 0.3) is 0 Å². The molecule has 0 aliphatic carbocycles. The molecule has 18 heavy (non-hydrogen) atoms. The lowest BCUT2D eigenvalue weighted by atomic mass is 10.2. The first-order valence-corrected chi connectivity index (χ1v) is 7.55. The predicted molar refractivity (Wildman–Crippen MR) is 80.4 cm³/mol.